The zero-order valence-corrected chi connectivity index (χ0v) is 13.9. The molecule has 1 N–H and O–H groups in total. The van der Waals surface area contributed by atoms with Crippen LogP contribution >= 0.6 is 0 Å². The minimum atomic E-state index is -4.19. The summed E-state index contributed by atoms with van der Waals surface area (Å²) in [5, 5.41) is 3.45. The quantitative estimate of drug-likeness (QED) is 0.718. The number of aryl methyl sites for hydroxylation is 2. The molecule has 0 aliphatic carbocycles. The molecule has 0 radical (unpaired) electrons. The van der Waals surface area contributed by atoms with Crippen molar-refractivity contribution in [3.8, 4) is 5.88 Å². The number of aromatic nitrogens is 4. The van der Waals surface area contributed by atoms with Crippen molar-refractivity contribution >= 4 is 21.4 Å². The van der Waals surface area contributed by atoms with E-state index in [0.717, 1.165) is 5.56 Å². The van der Waals surface area contributed by atoms with Crippen LogP contribution in [0.1, 0.15) is 11.1 Å². The number of anilines is 1. The fourth-order valence-corrected chi connectivity index (χ4v) is 3.16. The number of rotatable bonds is 4. The van der Waals surface area contributed by atoms with Crippen molar-refractivity contribution in [2.75, 3.05) is 11.8 Å². The first-order valence-electron chi connectivity index (χ1n) is 6.87. The lowest BCUT2D eigenvalue weighted by Gasteiger charge is -2.08. The van der Waals surface area contributed by atoms with Gasteiger partial charge >= 0.3 is 0 Å². The summed E-state index contributed by atoms with van der Waals surface area (Å²) in [6, 6.07) is 4.84. The number of nitrogens with one attached hydrogen (secondary N) is 1. The van der Waals surface area contributed by atoms with Crippen LogP contribution in [0.5, 0.6) is 5.88 Å². The van der Waals surface area contributed by atoms with Crippen LogP contribution in [-0.4, -0.2) is 35.1 Å². The Bertz CT molecular complexity index is 1010. The molecule has 8 nitrogen and oxygen atoms in total. The molecule has 0 aromatic carbocycles. The SMILES string of the molecule is COc1cc(C)cc2nc(S(=O)(=O)Nc3c(C)ccnc3F)nn12. The molecule has 0 saturated carbocycles. The van der Waals surface area contributed by atoms with Gasteiger partial charge in [-0.3, -0.25) is 4.72 Å². The number of methoxy groups -OCH3 is 1. The van der Waals surface area contributed by atoms with E-state index >= 15 is 0 Å². The van der Waals surface area contributed by atoms with Crippen molar-refractivity contribution in [3.63, 3.8) is 0 Å². The number of halogens is 1. The maximum Gasteiger partial charge on any atom is 0.299 e. The molecular formula is C14H14FN5O3S. The number of hydrogen-bond acceptors (Lipinski definition) is 6. The topological polar surface area (TPSA) is 98.5 Å². The zero-order valence-electron chi connectivity index (χ0n) is 13.1. The molecule has 0 spiro atoms. The highest BCUT2D eigenvalue weighted by atomic mass is 32.2. The van der Waals surface area contributed by atoms with Crippen molar-refractivity contribution in [2.24, 2.45) is 0 Å². The maximum atomic E-state index is 13.8. The monoisotopic (exact) mass is 351 g/mol. The van der Waals surface area contributed by atoms with Gasteiger partial charge in [0.2, 0.25) is 11.8 Å². The Morgan fingerprint density at radius 1 is 1.29 bits per heavy atom. The third kappa shape index (κ3) is 2.75. The van der Waals surface area contributed by atoms with E-state index in [4.69, 9.17) is 4.74 Å². The van der Waals surface area contributed by atoms with Gasteiger partial charge < -0.3 is 4.74 Å². The first kappa shape index (κ1) is 16.1. The number of fused-ring (bicyclic) bond motifs is 1. The number of pyridine rings is 2. The van der Waals surface area contributed by atoms with Gasteiger partial charge in [0.1, 0.15) is 5.69 Å². The first-order valence-corrected chi connectivity index (χ1v) is 8.35. The Kier molecular flexibility index (Phi) is 3.84. The second kappa shape index (κ2) is 5.71. The van der Waals surface area contributed by atoms with E-state index in [0.29, 0.717) is 17.1 Å². The molecule has 0 aliphatic rings. The normalized spacial score (nSPS) is 11.7. The van der Waals surface area contributed by atoms with Crippen LogP contribution in [0.15, 0.2) is 29.6 Å². The van der Waals surface area contributed by atoms with Crippen LogP contribution in [0, 0.1) is 19.8 Å². The van der Waals surface area contributed by atoms with E-state index < -0.39 is 21.1 Å². The summed E-state index contributed by atoms with van der Waals surface area (Å²) < 4.78 is 47.3. The van der Waals surface area contributed by atoms with Crippen molar-refractivity contribution in [1.82, 2.24) is 19.6 Å². The number of hydrogen-bond donors (Lipinski definition) is 1. The first-order chi connectivity index (χ1) is 11.3. The predicted octanol–water partition coefficient (Wildman–Crippen LogP) is 1.69. The van der Waals surface area contributed by atoms with E-state index in [1.54, 1.807) is 19.1 Å². The van der Waals surface area contributed by atoms with Gasteiger partial charge in [-0.1, -0.05) is 0 Å². The van der Waals surface area contributed by atoms with Gasteiger partial charge in [0.25, 0.3) is 15.2 Å². The fourth-order valence-electron chi connectivity index (χ4n) is 2.15. The molecule has 0 amide bonds. The van der Waals surface area contributed by atoms with Crippen molar-refractivity contribution in [1.29, 1.82) is 0 Å². The summed E-state index contributed by atoms with van der Waals surface area (Å²) >= 11 is 0. The summed E-state index contributed by atoms with van der Waals surface area (Å²) in [5.74, 6) is -0.585. The lowest BCUT2D eigenvalue weighted by Crippen LogP contribution is -2.17. The lowest BCUT2D eigenvalue weighted by molar-refractivity contribution is 0.384. The molecule has 3 rings (SSSR count). The zero-order chi connectivity index (χ0) is 17.5. The number of nitrogens with zero attached hydrogens (tertiary/aromatic N) is 4. The van der Waals surface area contributed by atoms with Crippen LogP contribution in [0.25, 0.3) is 5.65 Å². The number of sulfonamides is 1. The van der Waals surface area contributed by atoms with E-state index in [1.807, 2.05) is 6.92 Å². The Morgan fingerprint density at radius 3 is 2.71 bits per heavy atom. The van der Waals surface area contributed by atoms with Crippen molar-refractivity contribution in [3.05, 3.63) is 41.5 Å². The molecule has 0 unspecified atom stereocenters. The molecule has 0 fully saturated rings. The van der Waals surface area contributed by atoms with Crippen LogP contribution < -0.4 is 9.46 Å². The largest absolute Gasteiger partial charge is 0.481 e. The fraction of sp³-hybridized carbons (Fsp3) is 0.214. The molecule has 3 aromatic rings. The van der Waals surface area contributed by atoms with Gasteiger partial charge in [0.15, 0.2) is 5.65 Å². The van der Waals surface area contributed by atoms with Gasteiger partial charge in [-0.25, -0.2) is 4.98 Å². The highest BCUT2D eigenvalue weighted by molar-refractivity contribution is 7.92. The van der Waals surface area contributed by atoms with Gasteiger partial charge in [-0.2, -0.15) is 22.3 Å². The number of ether oxygens (including phenoxy) is 1. The molecular weight excluding hydrogens is 337 g/mol. The van der Waals surface area contributed by atoms with Gasteiger partial charge in [0.05, 0.1) is 7.11 Å². The molecule has 24 heavy (non-hydrogen) atoms. The van der Waals surface area contributed by atoms with E-state index in [-0.39, 0.29) is 5.69 Å². The van der Waals surface area contributed by atoms with Crippen molar-refractivity contribution in [2.45, 2.75) is 19.0 Å². The van der Waals surface area contributed by atoms with Gasteiger partial charge in [-0.05, 0) is 37.1 Å². The Labute approximate surface area is 137 Å². The third-order valence-electron chi connectivity index (χ3n) is 3.33. The van der Waals surface area contributed by atoms with Crippen LogP contribution in [0.4, 0.5) is 10.1 Å². The minimum Gasteiger partial charge on any atom is -0.481 e. The maximum absolute atomic E-state index is 13.8. The van der Waals surface area contributed by atoms with Gasteiger partial charge in [-0.15, -0.1) is 5.10 Å². The lowest BCUT2D eigenvalue weighted by atomic mass is 10.2. The molecule has 126 valence electrons. The molecule has 0 saturated heterocycles. The summed E-state index contributed by atoms with van der Waals surface area (Å²) in [5.41, 5.74) is 1.29. The molecule has 3 heterocycles. The second-order valence-electron chi connectivity index (χ2n) is 5.14. The van der Waals surface area contributed by atoms with Gasteiger partial charge in [0, 0.05) is 12.3 Å². The highest BCUT2D eigenvalue weighted by Gasteiger charge is 2.24. The summed E-state index contributed by atoms with van der Waals surface area (Å²) in [6.07, 6.45) is 1.25. The molecule has 10 heteroatoms. The van der Waals surface area contributed by atoms with Crippen LogP contribution in [0.2, 0.25) is 0 Å². The Morgan fingerprint density at radius 2 is 2.04 bits per heavy atom. The molecule has 0 bridgehead atoms. The van der Waals surface area contributed by atoms with E-state index in [1.165, 1.54) is 23.9 Å². The van der Waals surface area contributed by atoms with E-state index in [2.05, 4.69) is 19.8 Å². The molecule has 0 aliphatic heterocycles. The highest BCUT2D eigenvalue weighted by Crippen LogP contribution is 2.22. The second-order valence-corrected chi connectivity index (χ2v) is 6.71. The Hall–Kier alpha value is -2.75. The predicted molar refractivity (Wildman–Crippen MR) is 84.0 cm³/mol. The smallest absolute Gasteiger partial charge is 0.299 e. The minimum absolute atomic E-state index is 0.237. The van der Waals surface area contributed by atoms with Crippen molar-refractivity contribution < 1.29 is 17.5 Å². The molecule has 3 aromatic heterocycles. The van der Waals surface area contributed by atoms with E-state index in [9.17, 15) is 12.8 Å². The summed E-state index contributed by atoms with van der Waals surface area (Å²) in [4.78, 5) is 7.43. The van der Waals surface area contributed by atoms with Crippen LogP contribution in [-0.2, 0) is 10.0 Å². The summed E-state index contributed by atoms with van der Waals surface area (Å²) in [7, 11) is -2.75. The average molecular weight is 351 g/mol. The Balaban J connectivity index is 2.09. The third-order valence-corrected chi connectivity index (χ3v) is 4.45. The summed E-state index contributed by atoms with van der Waals surface area (Å²) in [6.45, 7) is 3.38. The average Bonchev–Trinajstić information content (AvgIpc) is 2.95. The van der Waals surface area contributed by atoms with Crippen LogP contribution in [0.3, 0.4) is 0 Å². The standard InChI is InChI=1S/C14H14FN5O3S/c1-8-6-10-17-14(18-20(10)11(7-8)23-3)24(21,22)19-12-9(2)4-5-16-13(12)15/h4-7,19H,1-3H3. The molecule has 0 atom stereocenters.